The summed E-state index contributed by atoms with van der Waals surface area (Å²) in [6.07, 6.45) is 3.15. The number of aromatic amines is 1. The second-order valence-electron chi connectivity index (χ2n) is 5.15. The van der Waals surface area contributed by atoms with Gasteiger partial charge in [-0.15, -0.1) is 0 Å². The Morgan fingerprint density at radius 2 is 2.04 bits per heavy atom. The maximum atomic E-state index is 14.4. The summed E-state index contributed by atoms with van der Waals surface area (Å²) in [5, 5.41) is 10.8. The molecule has 2 N–H and O–H groups in total. The van der Waals surface area contributed by atoms with E-state index in [0.717, 1.165) is 0 Å². The van der Waals surface area contributed by atoms with Crippen LogP contribution in [0.3, 0.4) is 0 Å². The molecular formula is C17H12FN3O3. The third kappa shape index (κ3) is 2.26. The van der Waals surface area contributed by atoms with Gasteiger partial charge in [0, 0.05) is 34.7 Å². The fourth-order valence-corrected chi connectivity index (χ4v) is 2.50. The van der Waals surface area contributed by atoms with E-state index in [4.69, 9.17) is 9.47 Å². The molecule has 0 aliphatic rings. The lowest BCUT2D eigenvalue weighted by molar-refractivity contribution is 0.374. The number of ether oxygens (including phenoxy) is 2. The molecule has 0 atom stereocenters. The third-order valence-electron chi connectivity index (χ3n) is 3.69. The topological polar surface area (TPSA) is 80.3 Å². The van der Waals surface area contributed by atoms with Gasteiger partial charge in [0.15, 0.2) is 23.1 Å². The van der Waals surface area contributed by atoms with Crippen molar-refractivity contribution < 1.29 is 19.0 Å². The van der Waals surface area contributed by atoms with Gasteiger partial charge in [-0.25, -0.2) is 9.37 Å². The van der Waals surface area contributed by atoms with Crippen molar-refractivity contribution in [3.8, 4) is 23.3 Å². The van der Waals surface area contributed by atoms with Crippen molar-refractivity contribution in [2.45, 2.75) is 0 Å². The van der Waals surface area contributed by atoms with Crippen LogP contribution in [-0.4, -0.2) is 27.2 Å². The summed E-state index contributed by atoms with van der Waals surface area (Å²) < 4.78 is 25.0. The standard InChI is InChI=1S/C17H12FN3O3/c1-23-15-7-12-9(6-13(15)22)8-20-17(21-12)24-14-3-2-11-10(16(14)18)4-5-19-11/h2-8,19,22H,1H3. The van der Waals surface area contributed by atoms with E-state index in [1.165, 1.54) is 25.4 Å². The van der Waals surface area contributed by atoms with Gasteiger partial charge in [-0.2, -0.15) is 4.98 Å². The minimum absolute atomic E-state index is 0.00373. The number of benzene rings is 2. The van der Waals surface area contributed by atoms with Crippen LogP contribution < -0.4 is 9.47 Å². The molecule has 2 heterocycles. The molecule has 0 unspecified atom stereocenters. The predicted octanol–water partition coefficient (Wildman–Crippen LogP) is 3.76. The minimum Gasteiger partial charge on any atom is -0.504 e. The predicted molar refractivity (Wildman–Crippen MR) is 86.1 cm³/mol. The Hall–Kier alpha value is -3.35. The van der Waals surface area contributed by atoms with E-state index in [-0.39, 0.29) is 23.3 Å². The maximum Gasteiger partial charge on any atom is 0.322 e. The Balaban J connectivity index is 1.75. The number of phenolic OH excluding ortho intramolecular Hbond substituents is 1. The molecule has 0 aliphatic carbocycles. The number of aromatic hydroxyl groups is 1. The van der Waals surface area contributed by atoms with Crippen LogP contribution in [0.15, 0.2) is 42.7 Å². The Morgan fingerprint density at radius 1 is 1.17 bits per heavy atom. The Labute approximate surface area is 135 Å². The largest absolute Gasteiger partial charge is 0.504 e. The van der Waals surface area contributed by atoms with Gasteiger partial charge >= 0.3 is 6.01 Å². The Morgan fingerprint density at radius 3 is 2.88 bits per heavy atom. The molecule has 0 aliphatic heterocycles. The molecule has 24 heavy (non-hydrogen) atoms. The van der Waals surface area contributed by atoms with Crippen LogP contribution in [0, 0.1) is 5.82 Å². The average molecular weight is 325 g/mol. The van der Waals surface area contributed by atoms with E-state index in [2.05, 4.69) is 15.0 Å². The summed E-state index contributed by atoms with van der Waals surface area (Å²) in [6, 6.07) is 7.92. The first-order valence-corrected chi connectivity index (χ1v) is 7.13. The van der Waals surface area contributed by atoms with Gasteiger partial charge in [-0.05, 0) is 24.3 Å². The molecule has 0 amide bonds. The van der Waals surface area contributed by atoms with Gasteiger partial charge in [-0.1, -0.05) is 0 Å². The van der Waals surface area contributed by atoms with Gasteiger partial charge in [-0.3, -0.25) is 0 Å². The number of phenols is 1. The fourth-order valence-electron chi connectivity index (χ4n) is 2.50. The second-order valence-corrected chi connectivity index (χ2v) is 5.15. The van der Waals surface area contributed by atoms with Gasteiger partial charge in [0.2, 0.25) is 0 Å². The lowest BCUT2D eigenvalue weighted by atomic mass is 10.2. The number of rotatable bonds is 3. The second kappa shape index (κ2) is 5.38. The Kier molecular flexibility index (Phi) is 3.19. The molecule has 0 radical (unpaired) electrons. The summed E-state index contributed by atoms with van der Waals surface area (Å²) in [5.41, 5.74) is 1.19. The zero-order valence-electron chi connectivity index (χ0n) is 12.6. The summed E-state index contributed by atoms with van der Waals surface area (Å²) in [4.78, 5) is 11.2. The quantitative estimate of drug-likeness (QED) is 0.599. The Bertz CT molecular complexity index is 1060. The summed E-state index contributed by atoms with van der Waals surface area (Å²) in [5.74, 6) is -0.175. The zero-order valence-corrected chi connectivity index (χ0v) is 12.6. The average Bonchev–Trinajstić information content (AvgIpc) is 3.06. The number of hydrogen-bond acceptors (Lipinski definition) is 5. The lowest BCUT2D eigenvalue weighted by Gasteiger charge is -2.08. The molecule has 0 fully saturated rings. The number of aromatic nitrogens is 3. The molecule has 0 spiro atoms. The van der Waals surface area contributed by atoms with Crippen LogP contribution in [0.1, 0.15) is 0 Å². The molecule has 6 nitrogen and oxygen atoms in total. The molecule has 7 heteroatoms. The summed E-state index contributed by atoms with van der Waals surface area (Å²) in [7, 11) is 1.45. The highest BCUT2D eigenvalue weighted by Crippen LogP contribution is 2.32. The van der Waals surface area contributed by atoms with Crippen molar-refractivity contribution in [2.24, 2.45) is 0 Å². The fraction of sp³-hybridized carbons (Fsp3) is 0.0588. The van der Waals surface area contributed by atoms with E-state index in [1.807, 2.05) is 0 Å². The highest BCUT2D eigenvalue weighted by Gasteiger charge is 2.13. The van der Waals surface area contributed by atoms with E-state index >= 15 is 0 Å². The minimum atomic E-state index is -0.485. The van der Waals surface area contributed by atoms with Crippen LogP contribution in [0.5, 0.6) is 23.3 Å². The number of nitrogens with zero attached hydrogens (tertiary/aromatic N) is 2. The van der Waals surface area contributed by atoms with Gasteiger partial charge < -0.3 is 19.6 Å². The van der Waals surface area contributed by atoms with E-state index in [1.54, 1.807) is 24.4 Å². The first kappa shape index (κ1) is 14.3. The summed E-state index contributed by atoms with van der Waals surface area (Å²) in [6.45, 7) is 0. The number of halogens is 1. The molecule has 2 aromatic heterocycles. The van der Waals surface area contributed by atoms with E-state index in [0.29, 0.717) is 21.8 Å². The third-order valence-corrected chi connectivity index (χ3v) is 3.69. The number of methoxy groups -OCH3 is 1. The number of nitrogens with one attached hydrogen (secondary N) is 1. The van der Waals surface area contributed by atoms with Gasteiger partial charge in [0.05, 0.1) is 12.6 Å². The molecule has 0 bridgehead atoms. The molecule has 120 valence electrons. The number of H-pyrrole nitrogens is 1. The van der Waals surface area contributed by atoms with Crippen molar-refractivity contribution in [1.82, 2.24) is 15.0 Å². The summed E-state index contributed by atoms with van der Waals surface area (Å²) >= 11 is 0. The number of hydrogen-bond donors (Lipinski definition) is 2. The molecule has 2 aromatic carbocycles. The monoisotopic (exact) mass is 325 g/mol. The van der Waals surface area contributed by atoms with Crippen LogP contribution >= 0.6 is 0 Å². The molecule has 0 saturated carbocycles. The van der Waals surface area contributed by atoms with Crippen LogP contribution in [0.4, 0.5) is 4.39 Å². The highest BCUT2D eigenvalue weighted by atomic mass is 19.1. The van der Waals surface area contributed by atoms with Crippen LogP contribution in [0.2, 0.25) is 0 Å². The SMILES string of the molecule is COc1cc2nc(Oc3ccc4[nH]ccc4c3F)ncc2cc1O. The highest BCUT2D eigenvalue weighted by molar-refractivity contribution is 5.83. The van der Waals surface area contributed by atoms with Gasteiger partial charge in [0.25, 0.3) is 0 Å². The smallest absolute Gasteiger partial charge is 0.322 e. The molecular weight excluding hydrogens is 313 g/mol. The normalized spacial score (nSPS) is 11.1. The lowest BCUT2D eigenvalue weighted by Crippen LogP contribution is -1.95. The zero-order chi connectivity index (χ0) is 16.7. The van der Waals surface area contributed by atoms with Crippen molar-refractivity contribution in [2.75, 3.05) is 7.11 Å². The molecule has 4 rings (SSSR count). The maximum absolute atomic E-state index is 14.4. The first-order valence-electron chi connectivity index (χ1n) is 7.13. The van der Waals surface area contributed by atoms with Crippen LogP contribution in [0.25, 0.3) is 21.8 Å². The van der Waals surface area contributed by atoms with Gasteiger partial charge in [0.1, 0.15) is 0 Å². The van der Waals surface area contributed by atoms with E-state index in [9.17, 15) is 9.50 Å². The van der Waals surface area contributed by atoms with Crippen molar-refractivity contribution >= 4 is 21.8 Å². The first-order chi connectivity index (χ1) is 11.7. The number of fused-ring (bicyclic) bond motifs is 2. The van der Waals surface area contributed by atoms with Crippen molar-refractivity contribution in [3.63, 3.8) is 0 Å². The van der Waals surface area contributed by atoms with Crippen LogP contribution in [-0.2, 0) is 0 Å². The molecule has 4 aromatic rings. The molecule has 0 saturated heterocycles. The van der Waals surface area contributed by atoms with Crippen molar-refractivity contribution in [1.29, 1.82) is 0 Å². The van der Waals surface area contributed by atoms with Crippen molar-refractivity contribution in [3.05, 3.63) is 48.5 Å². The van der Waals surface area contributed by atoms with E-state index < -0.39 is 5.82 Å².